The Bertz CT molecular complexity index is 842. The van der Waals surface area contributed by atoms with E-state index in [1.165, 1.54) is 24.3 Å². The molecular weight excluding hydrogens is 322 g/mol. The molecule has 0 amide bonds. The van der Waals surface area contributed by atoms with Crippen LogP contribution in [-0.2, 0) is 19.9 Å². The third kappa shape index (κ3) is 3.94. The molecular formula is C15H17NO4S2. The molecule has 118 valence electrons. The van der Waals surface area contributed by atoms with Gasteiger partial charge < -0.3 is 0 Å². The third-order valence-electron chi connectivity index (χ3n) is 3.19. The molecule has 0 aliphatic carbocycles. The molecule has 0 aliphatic rings. The minimum absolute atomic E-state index is 0.189. The minimum atomic E-state index is -3.61. The second-order valence-corrected chi connectivity index (χ2v) is 8.73. The highest BCUT2D eigenvalue weighted by Crippen LogP contribution is 2.19. The van der Waals surface area contributed by atoms with E-state index in [1.807, 2.05) is 0 Å². The van der Waals surface area contributed by atoms with Crippen LogP contribution in [0.4, 0.5) is 0 Å². The Morgan fingerprint density at radius 2 is 1.36 bits per heavy atom. The molecule has 22 heavy (non-hydrogen) atoms. The summed E-state index contributed by atoms with van der Waals surface area (Å²) in [5.74, 6) is 0. The topological polar surface area (TPSA) is 80.3 Å². The monoisotopic (exact) mass is 339 g/mol. The van der Waals surface area contributed by atoms with Crippen LogP contribution in [0.2, 0.25) is 0 Å². The van der Waals surface area contributed by atoms with Crippen LogP contribution < -0.4 is 4.72 Å². The Morgan fingerprint density at radius 3 is 1.86 bits per heavy atom. The highest BCUT2D eigenvalue weighted by Gasteiger charge is 2.18. The zero-order valence-electron chi connectivity index (χ0n) is 12.2. The fraction of sp³-hybridized carbons (Fsp3) is 0.200. The summed E-state index contributed by atoms with van der Waals surface area (Å²) in [6.45, 7) is 1.70. The van der Waals surface area contributed by atoms with Crippen LogP contribution >= 0.6 is 0 Å². The van der Waals surface area contributed by atoms with Gasteiger partial charge in [-0.05, 0) is 36.8 Å². The van der Waals surface area contributed by atoms with Gasteiger partial charge in [0.15, 0.2) is 9.84 Å². The van der Waals surface area contributed by atoms with Crippen molar-refractivity contribution in [2.24, 2.45) is 0 Å². The Labute approximate surface area is 131 Å². The molecule has 2 aromatic rings. The molecule has 0 aromatic heterocycles. The first-order valence-corrected chi connectivity index (χ1v) is 9.95. The lowest BCUT2D eigenvalue weighted by molar-refractivity contribution is 0.566. The third-order valence-corrected chi connectivity index (χ3v) is 5.88. The number of nitrogens with one attached hydrogen (secondary N) is 1. The van der Waals surface area contributed by atoms with Crippen LogP contribution in [0, 0.1) is 0 Å². The summed E-state index contributed by atoms with van der Waals surface area (Å²) in [7, 11) is -6.88. The van der Waals surface area contributed by atoms with Crippen molar-refractivity contribution in [2.45, 2.75) is 22.8 Å². The van der Waals surface area contributed by atoms with E-state index in [4.69, 9.17) is 0 Å². The summed E-state index contributed by atoms with van der Waals surface area (Å²) < 4.78 is 49.9. The maximum Gasteiger partial charge on any atom is 0.241 e. The first-order valence-electron chi connectivity index (χ1n) is 6.57. The average Bonchev–Trinajstić information content (AvgIpc) is 2.47. The summed E-state index contributed by atoms with van der Waals surface area (Å²) in [4.78, 5) is 0.393. The predicted molar refractivity (Wildman–Crippen MR) is 84.7 cm³/mol. The van der Waals surface area contributed by atoms with E-state index in [-0.39, 0.29) is 9.79 Å². The van der Waals surface area contributed by atoms with Gasteiger partial charge in [-0.2, -0.15) is 0 Å². The molecule has 2 rings (SSSR count). The fourth-order valence-electron chi connectivity index (χ4n) is 1.97. The summed E-state index contributed by atoms with van der Waals surface area (Å²) in [6, 6.07) is 13.8. The van der Waals surface area contributed by atoms with Crippen molar-refractivity contribution in [3.8, 4) is 0 Å². The van der Waals surface area contributed by atoms with Crippen LogP contribution in [0.25, 0.3) is 0 Å². The second kappa shape index (κ2) is 6.20. The lowest BCUT2D eigenvalue weighted by Gasteiger charge is -2.15. The number of sulfone groups is 1. The molecule has 1 unspecified atom stereocenters. The van der Waals surface area contributed by atoms with Crippen LogP contribution in [0.5, 0.6) is 0 Å². The van der Waals surface area contributed by atoms with Crippen molar-refractivity contribution < 1.29 is 16.8 Å². The fourth-order valence-corrected chi connectivity index (χ4v) is 3.86. The Balaban J connectivity index is 2.21. The van der Waals surface area contributed by atoms with Crippen molar-refractivity contribution in [2.75, 3.05) is 6.26 Å². The zero-order valence-corrected chi connectivity index (χ0v) is 13.9. The Morgan fingerprint density at radius 1 is 0.818 bits per heavy atom. The molecule has 0 heterocycles. The van der Waals surface area contributed by atoms with Gasteiger partial charge in [-0.3, -0.25) is 0 Å². The molecule has 2 aromatic carbocycles. The van der Waals surface area contributed by atoms with Crippen molar-refractivity contribution in [1.29, 1.82) is 0 Å². The predicted octanol–water partition coefficient (Wildman–Crippen LogP) is 2.13. The van der Waals surface area contributed by atoms with E-state index in [2.05, 4.69) is 4.72 Å². The van der Waals surface area contributed by atoms with Gasteiger partial charge in [0.2, 0.25) is 10.0 Å². The summed E-state index contributed by atoms with van der Waals surface area (Å²) in [6.07, 6.45) is 1.13. The lowest BCUT2D eigenvalue weighted by Crippen LogP contribution is -2.26. The summed E-state index contributed by atoms with van der Waals surface area (Å²) in [5.41, 5.74) is 0.687. The molecule has 0 saturated carbocycles. The van der Waals surface area contributed by atoms with E-state index >= 15 is 0 Å². The number of sulfonamides is 1. The minimum Gasteiger partial charge on any atom is -0.224 e. The highest BCUT2D eigenvalue weighted by molar-refractivity contribution is 7.90. The van der Waals surface area contributed by atoms with Crippen molar-refractivity contribution in [3.05, 3.63) is 60.2 Å². The Kier molecular flexibility index (Phi) is 4.69. The standard InChI is InChI=1S/C15H17NO4S2/c1-12(13-8-10-14(11-9-13)21(2,17)18)16-22(19,20)15-6-4-3-5-7-15/h3-12,16H,1-2H3. The summed E-state index contributed by atoms with van der Waals surface area (Å²) >= 11 is 0. The van der Waals surface area contributed by atoms with Gasteiger partial charge in [0.1, 0.15) is 0 Å². The van der Waals surface area contributed by atoms with E-state index in [9.17, 15) is 16.8 Å². The number of hydrogen-bond donors (Lipinski definition) is 1. The van der Waals surface area contributed by atoms with Crippen LogP contribution in [0.3, 0.4) is 0 Å². The van der Waals surface area contributed by atoms with Gasteiger partial charge in [0.05, 0.1) is 9.79 Å². The second-order valence-electron chi connectivity index (χ2n) is 5.00. The van der Waals surface area contributed by atoms with Gasteiger partial charge in [-0.25, -0.2) is 21.6 Å². The van der Waals surface area contributed by atoms with E-state index in [0.717, 1.165) is 6.26 Å². The molecule has 7 heteroatoms. The highest BCUT2D eigenvalue weighted by atomic mass is 32.2. The molecule has 0 bridgehead atoms. The smallest absolute Gasteiger partial charge is 0.224 e. The normalized spacial score (nSPS) is 13.7. The van der Waals surface area contributed by atoms with Gasteiger partial charge in [0, 0.05) is 12.3 Å². The molecule has 0 aliphatic heterocycles. The number of benzene rings is 2. The largest absolute Gasteiger partial charge is 0.241 e. The van der Waals surface area contributed by atoms with Gasteiger partial charge in [-0.15, -0.1) is 0 Å². The molecule has 1 atom stereocenters. The van der Waals surface area contributed by atoms with Gasteiger partial charge in [0.25, 0.3) is 0 Å². The average molecular weight is 339 g/mol. The maximum atomic E-state index is 12.2. The Hall–Kier alpha value is -1.70. The van der Waals surface area contributed by atoms with Gasteiger partial charge in [-0.1, -0.05) is 30.3 Å². The first kappa shape index (κ1) is 16.7. The number of hydrogen-bond acceptors (Lipinski definition) is 4. The van der Waals surface area contributed by atoms with E-state index < -0.39 is 25.9 Å². The van der Waals surface area contributed by atoms with E-state index in [1.54, 1.807) is 37.3 Å². The van der Waals surface area contributed by atoms with Crippen molar-refractivity contribution >= 4 is 19.9 Å². The molecule has 5 nitrogen and oxygen atoms in total. The molecule has 1 N–H and O–H groups in total. The molecule has 0 saturated heterocycles. The lowest BCUT2D eigenvalue weighted by atomic mass is 10.1. The quantitative estimate of drug-likeness (QED) is 0.905. The zero-order chi connectivity index (χ0) is 16.4. The molecule has 0 fully saturated rings. The SMILES string of the molecule is CC(NS(=O)(=O)c1ccccc1)c1ccc(S(C)(=O)=O)cc1. The van der Waals surface area contributed by atoms with Crippen LogP contribution in [0.15, 0.2) is 64.4 Å². The maximum absolute atomic E-state index is 12.2. The first-order chi connectivity index (χ1) is 10.2. The van der Waals surface area contributed by atoms with Crippen molar-refractivity contribution in [1.82, 2.24) is 4.72 Å². The number of rotatable bonds is 5. The van der Waals surface area contributed by atoms with E-state index in [0.29, 0.717) is 5.56 Å². The molecule has 0 radical (unpaired) electrons. The van der Waals surface area contributed by atoms with Gasteiger partial charge >= 0.3 is 0 Å². The summed E-state index contributed by atoms with van der Waals surface area (Å²) in [5, 5.41) is 0. The van der Waals surface area contributed by atoms with Crippen LogP contribution in [-0.4, -0.2) is 23.1 Å². The van der Waals surface area contributed by atoms with Crippen molar-refractivity contribution in [3.63, 3.8) is 0 Å². The van der Waals surface area contributed by atoms with Crippen LogP contribution in [0.1, 0.15) is 18.5 Å². The molecule has 0 spiro atoms.